The van der Waals surface area contributed by atoms with E-state index in [0.29, 0.717) is 23.4 Å². The number of rotatable bonds is 9. The van der Waals surface area contributed by atoms with Crippen LogP contribution in [0.2, 0.25) is 0 Å². The molecule has 148 valence electrons. The maximum absolute atomic E-state index is 5.59. The Morgan fingerprint density at radius 1 is 1.07 bits per heavy atom. The van der Waals surface area contributed by atoms with Crippen molar-refractivity contribution in [3.63, 3.8) is 0 Å². The van der Waals surface area contributed by atoms with E-state index in [9.17, 15) is 0 Å². The minimum atomic E-state index is 0.357. The molecule has 2 heterocycles. The van der Waals surface area contributed by atoms with E-state index in [4.69, 9.17) is 19.4 Å². The molecule has 7 heteroatoms. The summed E-state index contributed by atoms with van der Waals surface area (Å²) in [7, 11) is 7.13. The highest BCUT2D eigenvalue weighted by Crippen LogP contribution is 2.36. The van der Waals surface area contributed by atoms with Crippen molar-refractivity contribution in [2.45, 2.75) is 46.1 Å². The molecule has 2 aromatic heterocycles. The molecular formula is C20H31N5O2. The summed E-state index contributed by atoms with van der Waals surface area (Å²) in [4.78, 5) is 16.0. The van der Waals surface area contributed by atoms with Gasteiger partial charge in [0, 0.05) is 32.4 Å². The molecule has 0 atom stereocenters. The molecule has 27 heavy (non-hydrogen) atoms. The molecule has 0 saturated carbocycles. The number of anilines is 2. The normalized spacial score (nSPS) is 10.8. The lowest BCUT2D eigenvalue weighted by Crippen LogP contribution is -2.20. The van der Waals surface area contributed by atoms with E-state index < -0.39 is 0 Å². The highest BCUT2D eigenvalue weighted by Gasteiger charge is 2.20. The quantitative estimate of drug-likeness (QED) is 0.717. The fourth-order valence-corrected chi connectivity index (χ4v) is 2.84. The van der Waals surface area contributed by atoms with Gasteiger partial charge in [0.05, 0.1) is 25.5 Å². The number of nitrogens with one attached hydrogen (secondary N) is 1. The molecule has 0 bridgehead atoms. The van der Waals surface area contributed by atoms with Gasteiger partial charge in [-0.15, -0.1) is 0 Å². The van der Waals surface area contributed by atoms with E-state index in [1.54, 1.807) is 20.4 Å². The third-order valence-corrected chi connectivity index (χ3v) is 4.58. The van der Waals surface area contributed by atoms with Crippen LogP contribution < -0.4 is 19.7 Å². The van der Waals surface area contributed by atoms with Crippen molar-refractivity contribution >= 4 is 11.6 Å². The Morgan fingerprint density at radius 2 is 1.78 bits per heavy atom. The molecule has 0 aliphatic rings. The Morgan fingerprint density at radius 3 is 2.30 bits per heavy atom. The van der Waals surface area contributed by atoms with E-state index in [-0.39, 0.29) is 0 Å². The van der Waals surface area contributed by atoms with E-state index in [1.165, 1.54) is 0 Å². The van der Waals surface area contributed by atoms with Crippen molar-refractivity contribution in [3.8, 4) is 22.9 Å². The monoisotopic (exact) mass is 373 g/mol. The van der Waals surface area contributed by atoms with E-state index in [2.05, 4.69) is 31.1 Å². The van der Waals surface area contributed by atoms with E-state index in [0.717, 1.165) is 42.2 Å². The van der Waals surface area contributed by atoms with Gasteiger partial charge in [0.1, 0.15) is 17.3 Å². The largest absolute Gasteiger partial charge is 0.496 e. The predicted molar refractivity (Wildman–Crippen MR) is 110 cm³/mol. The van der Waals surface area contributed by atoms with Crippen LogP contribution in [0.15, 0.2) is 12.3 Å². The first-order valence-corrected chi connectivity index (χ1v) is 9.42. The summed E-state index contributed by atoms with van der Waals surface area (Å²) in [5.41, 5.74) is 2.30. The van der Waals surface area contributed by atoms with E-state index >= 15 is 0 Å². The number of methoxy groups -OCH3 is 2. The molecule has 0 fully saturated rings. The van der Waals surface area contributed by atoms with Gasteiger partial charge in [0.15, 0.2) is 5.82 Å². The zero-order valence-electron chi connectivity index (χ0n) is 17.5. The van der Waals surface area contributed by atoms with Crippen molar-refractivity contribution < 1.29 is 9.47 Å². The predicted octanol–water partition coefficient (Wildman–Crippen LogP) is 3.78. The number of ether oxygens (including phenoxy) is 2. The summed E-state index contributed by atoms with van der Waals surface area (Å²) < 4.78 is 11.1. The second-order valence-electron chi connectivity index (χ2n) is 6.53. The van der Waals surface area contributed by atoms with Crippen molar-refractivity contribution in [1.29, 1.82) is 0 Å². The topological polar surface area (TPSA) is 72.4 Å². The summed E-state index contributed by atoms with van der Waals surface area (Å²) in [5, 5.41) is 3.50. The molecule has 0 radical (unpaired) electrons. The average Bonchev–Trinajstić information content (AvgIpc) is 2.70. The van der Waals surface area contributed by atoms with Crippen molar-refractivity contribution in [1.82, 2.24) is 15.0 Å². The van der Waals surface area contributed by atoms with Gasteiger partial charge >= 0.3 is 0 Å². The lowest BCUT2D eigenvalue weighted by molar-refractivity contribution is 0.395. The average molecular weight is 374 g/mol. The fraction of sp³-hybridized carbons (Fsp3) is 0.550. The van der Waals surface area contributed by atoms with Crippen LogP contribution in [0.4, 0.5) is 11.6 Å². The highest BCUT2D eigenvalue weighted by molar-refractivity contribution is 5.73. The third-order valence-electron chi connectivity index (χ3n) is 4.58. The Balaban J connectivity index is 2.57. The molecule has 1 N–H and O–H groups in total. The summed E-state index contributed by atoms with van der Waals surface area (Å²) >= 11 is 0. The van der Waals surface area contributed by atoms with Crippen LogP contribution in [-0.4, -0.2) is 49.3 Å². The third kappa shape index (κ3) is 4.59. The van der Waals surface area contributed by atoms with Crippen LogP contribution in [0.5, 0.6) is 11.6 Å². The number of hydrogen-bond donors (Lipinski definition) is 1. The molecule has 7 nitrogen and oxygen atoms in total. The Labute approximate surface area is 162 Å². The molecule has 0 saturated heterocycles. The maximum Gasteiger partial charge on any atom is 0.242 e. The molecule has 0 amide bonds. The molecule has 0 aliphatic carbocycles. The Hall–Kier alpha value is -2.57. The number of aryl methyl sites for hydroxylation is 1. The standard InChI is InChI=1S/C20H31N5O2/c1-8-13(9-2)22-19-15(10-3)23-18(20(24-19)27-7)14-12-21-17(25(4)5)11-16(14)26-6/h11-13H,8-10H2,1-7H3,(H,22,24). The van der Waals surface area contributed by atoms with Crippen LogP contribution in [-0.2, 0) is 6.42 Å². The highest BCUT2D eigenvalue weighted by atomic mass is 16.5. The van der Waals surface area contributed by atoms with Gasteiger partial charge in [-0.3, -0.25) is 0 Å². The minimum absolute atomic E-state index is 0.357. The van der Waals surface area contributed by atoms with Gasteiger partial charge in [-0.05, 0) is 19.3 Å². The smallest absolute Gasteiger partial charge is 0.242 e. The van der Waals surface area contributed by atoms with Crippen LogP contribution in [0.3, 0.4) is 0 Å². The van der Waals surface area contributed by atoms with Gasteiger partial charge in [-0.1, -0.05) is 20.8 Å². The second-order valence-corrected chi connectivity index (χ2v) is 6.53. The maximum atomic E-state index is 5.59. The zero-order chi connectivity index (χ0) is 20.0. The number of aromatic nitrogens is 3. The summed E-state index contributed by atoms with van der Waals surface area (Å²) in [6, 6.07) is 2.24. The molecule has 0 unspecified atom stereocenters. The van der Waals surface area contributed by atoms with Crippen LogP contribution in [0.25, 0.3) is 11.3 Å². The lowest BCUT2D eigenvalue weighted by Gasteiger charge is -2.20. The van der Waals surface area contributed by atoms with E-state index in [1.807, 2.05) is 25.1 Å². The molecule has 0 aromatic carbocycles. The van der Waals surface area contributed by atoms with Crippen LogP contribution >= 0.6 is 0 Å². The molecule has 0 spiro atoms. The summed E-state index contributed by atoms with van der Waals surface area (Å²) in [5.74, 6) is 2.73. The van der Waals surface area contributed by atoms with Crippen molar-refractivity contribution in [3.05, 3.63) is 18.0 Å². The minimum Gasteiger partial charge on any atom is -0.496 e. The molecule has 0 aliphatic heterocycles. The van der Waals surface area contributed by atoms with Crippen molar-refractivity contribution in [2.24, 2.45) is 0 Å². The lowest BCUT2D eigenvalue weighted by atomic mass is 10.1. The molecule has 2 rings (SSSR count). The fourth-order valence-electron chi connectivity index (χ4n) is 2.84. The van der Waals surface area contributed by atoms with Gasteiger partial charge in [-0.2, -0.15) is 4.98 Å². The first kappa shape index (κ1) is 20.7. The zero-order valence-corrected chi connectivity index (χ0v) is 17.5. The molecule has 2 aromatic rings. The first-order valence-electron chi connectivity index (χ1n) is 9.42. The first-order chi connectivity index (χ1) is 13.0. The second kappa shape index (κ2) is 9.39. The van der Waals surface area contributed by atoms with Gasteiger partial charge < -0.3 is 19.7 Å². The SMILES string of the molecule is CCc1nc(-c2cnc(N(C)C)cc2OC)c(OC)nc1NC(CC)CC. The van der Waals surface area contributed by atoms with Crippen LogP contribution in [0, 0.1) is 0 Å². The van der Waals surface area contributed by atoms with Crippen molar-refractivity contribution in [2.75, 3.05) is 38.5 Å². The Bertz CT molecular complexity index is 760. The van der Waals surface area contributed by atoms with Gasteiger partial charge in [-0.25, -0.2) is 9.97 Å². The number of hydrogen-bond acceptors (Lipinski definition) is 7. The van der Waals surface area contributed by atoms with Crippen LogP contribution in [0.1, 0.15) is 39.3 Å². The summed E-state index contributed by atoms with van der Waals surface area (Å²) in [6.07, 6.45) is 4.57. The van der Waals surface area contributed by atoms with Gasteiger partial charge in [0.25, 0.3) is 0 Å². The number of pyridine rings is 1. The van der Waals surface area contributed by atoms with Gasteiger partial charge in [0.2, 0.25) is 5.88 Å². The number of nitrogens with zero attached hydrogens (tertiary/aromatic N) is 4. The summed E-state index contributed by atoms with van der Waals surface area (Å²) in [6.45, 7) is 6.40. The molecular weight excluding hydrogens is 342 g/mol. The Kier molecular flexibility index (Phi) is 7.21.